The molecule has 0 aromatic heterocycles. The van der Waals surface area contributed by atoms with Gasteiger partial charge in [0.2, 0.25) is 0 Å². The minimum absolute atomic E-state index is 0.419. The third-order valence-corrected chi connectivity index (χ3v) is 4.44. The topological polar surface area (TPSA) is 69.2 Å². The molecule has 0 aliphatic heterocycles. The van der Waals surface area contributed by atoms with Gasteiger partial charge in [-0.3, -0.25) is 0 Å². The summed E-state index contributed by atoms with van der Waals surface area (Å²) in [4.78, 5) is 0. The van der Waals surface area contributed by atoms with Crippen LogP contribution in [0, 0.1) is 0 Å². The van der Waals surface area contributed by atoms with Gasteiger partial charge in [0.25, 0.3) is 0 Å². The van der Waals surface area contributed by atoms with Gasteiger partial charge in [0.1, 0.15) is 0 Å². The Kier molecular flexibility index (Phi) is 29.4. The van der Waals surface area contributed by atoms with Crippen LogP contribution in [0.15, 0.2) is 59.5 Å². The average Bonchev–Trinajstić information content (AvgIpc) is 3.08. The van der Waals surface area contributed by atoms with E-state index in [1.165, 1.54) is 30.8 Å². The predicted octanol–water partition coefficient (Wildman–Crippen LogP) is 3.48. The minimum atomic E-state index is -0.419. The first kappa shape index (κ1) is 31.2. The van der Waals surface area contributed by atoms with Crippen LogP contribution >= 0.6 is 0 Å². The first-order valence-corrected chi connectivity index (χ1v) is 11.4. The SMILES string of the molecule is C=CCCC(C)[O-].C=CCCC(C)[O-].C=CCCC(C)[O-].[Hf+3][C]1=CC=CC1. The Morgan fingerprint density at radius 1 is 0.852 bits per heavy atom. The van der Waals surface area contributed by atoms with Gasteiger partial charge in [0.05, 0.1) is 0 Å². The molecule has 0 amide bonds. The molecule has 0 N–H and O–H groups in total. The van der Waals surface area contributed by atoms with Crippen molar-refractivity contribution in [3.8, 4) is 0 Å². The Balaban J connectivity index is -0.000000285. The molecular weight excluding hydrogens is 503 g/mol. The molecule has 0 spiro atoms. The second-order valence-electron chi connectivity index (χ2n) is 6.35. The Labute approximate surface area is 182 Å². The average molecular weight is 541 g/mol. The van der Waals surface area contributed by atoms with E-state index in [0.717, 1.165) is 38.5 Å². The van der Waals surface area contributed by atoms with Crippen molar-refractivity contribution in [1.29, 1.82) is 0 Å². The fourth-order valence-corrected chi connectivity index (χ4v) is 2.27. The molecule has 152 valence electrons. The number of hydrogen-bond acceptors (Lipinski definition) is 3. The second kappa shape index (κ2) is 25.5. The molecule has 0 fully saturated rings. The summed E-state index contributed by atoms with van der Waals surface area (Å²) < 4.78 is 1.61. The Hall–Kier alpha value is -0.550. The van der Waals surface area contributed by atoms with Crippen LogP contribution in [0.2, 0.25) is 0 Å². The molecule has 1 rings (SSSR count). The molecular formula is C23H38HfO3. The summed E-state index contributed by atoms with van der Waals surface area (Å²) in [6.07, 6.45) is 16.5. The van der Waals surface area contributed by atoms with Crippen molar-refractivity contribution in [2.24, 2.45) is 0 Å². The van der Waals surface area contributed by atoms with E-state index >= 15 is 0 Å². The van der Waals surface area contributed by atoms with Gasteiger partial charge < -0.3 is 15.3 Å². The summed E-state index contributed by atoms with van der Waals surface area (Å²) in [6.45, 7) is 15.5. The van der Waals surface area contributed by atoms with Crippen molar-refractivity contribution in [3.63, 3.8) is 0 Å². The molecule has 3 nitrogen and oxygen atoms in total. The molecule has 0 aromatic carbocycles. The van der Waals surface area contributed by atoms with Crippen LogP contribution in [0.1, 0.15) is 65.7 Å². The van der Waals surface area contributed by atoms with E-state index in [0.29, 0.717) is 0 Å². The van der Waals surface area contributed by atoms with Gasteiger partial charge in [-0.25, -0.2) is 0 Å². The van der Waals surface area contributed by atoms with Crippen molar-refractivity contribution >= 4 is 0 Å². The van der Waals surface area contributed by atoms with Gasteiger partial charge in [-0.1, -0.05) is 58.3 Å². The van der Waals surface area contributed by atoms with Crippen molar-refractivity contribution in [1.82, 2.24) is 0 Å². The third kappa shape index (κ3) is 41.1. The quantitative estimate of drug-likeness (QED) is 0.332. The van der Waals surface area contributed by atoms with Crippen molar-refractivity contribution < 1.29 is 39.7 Å². The number of hydrogen-bond donors (Lipinski definition) is 0. The summed E-state index contributed by atoms with van der Waals surface area (Å²) in [5, 5.41) is 30.7. The summed E-state index contributed by atoms with van der Waals surface area (Å²) in [5.74, 6) is 0. The Morgan fingerprint density at radius 3 is 1.26 bits per heavy atom. The summed E-state index contributed by atoms with van der Waals surface area (Å²) in [7, 11) is 0. The van der Waals surface area contributed by atoms with Crippen LogP contribution in [0.3, 0.4) is 0 Å². The molecule has 0 saturated heterocycles. The van der Waals surface area contributed by atoms with E-state index in [-0.39, 0.29) is 0 Å². The molecule has 3 atom stereocenters. The van der Waals surface area contributed by atoms with Gasteiger partial charge in [0.15, 0.2) is 0 Å². The van der Waals surface area contributed by atoms with E-state index in [4.69, 9.17) is 0 Å². The van der Waals surface area contributed by atoms with Crippen LogP contribution in [-0.4, -0.2) is 18.3 Å². The molecule has 1 aliphatic rings. The molecule has 0 heterocycles. The van der Waals surface area contributed by atoms with Crippen LogP contribution in [0.25, 0.3) is 0 Å². The molecule has 0 radical (unpaired) electrons. The fraction of sp³-hybridized carbons (Fsp3) is 0.565. The van der Waals surface area contributed by atoms with Crippen LogP contribution in [0.4, 0.5) is 0 Å². The molecule has 3 unspecified atom stereocenters. The molecule has 0 aromatic rings. The van der Waals surface area contributed by atoms with Gasteiger partial charge in [-0.05, 0) is 19.3 Å². The second-order valence-corrected chi connectivity index (χ2v) is 8.66. The normalized spacial score (nSPS) is 14.6. The summed E-state index contributed by atoms with van der Waals surface area (Å²) in [5.41, 5.74) is 0. The van der Waals surface area contributed by atoms with Gasteiger partial charge in [-0.15, -0.1) is 38.0 Å². The maximum atomic E-state index is 10.2. The zero-order chi connectivity index (χ0) is 21.5. The standard InChI is InChI=1S/3C6H11O.C5H5.Hf/c3*1-3-4-5-6(2)7;1-2-4-5-3-1;/h3*3,6H,1,4-5H2,2H3;1-3H,4H2;/q3*-1;;+3. The van der Waals surface area contributed by atoms with Crippen LogP contribution in [-0.2, 0) is 24.4 Å². The fourth-order valence-electron chi connectivity index (χ4n) is 1.50. The zero-order valence-corrected chi connectivity index (χ0v) is 21.1. The summed E-state index contributed by atoms with van der Waals surface area (Å²) in [6, 6.07) is 0. The van der Waals surface area contributed by atoms with E-state index in [9.17, 15) is 15.3 Å². The van der Waals surface area contributed by atoms with E-state index in [1.54, 1.807) is 42.3 Å². The first-order valence-electron chi connectivity index (χ1n) is 9.58. The van der Waals surface area contributed by atoms with Crippen LogP contribution < -0.4 is 15.3 Å². The van der Waals surface area contributed by atoms with E-state index < -0.39 is 18.3 Å². The molecule has 1 aliphatic carbocycles. The van der Waals surface area contributed by atoms with Gasteiger partial charge in [-0.2, -0.15) is 0 Å². The zero-order valence-electron chi connectivity index (χ0n) is 17.5. The third-order valence-electron chi connectivity index (χ3n) is 3.10. The Morgan fingerprint density at radius 2 is 1.19 bits per heavy atom. The molecule has 0 saturated carbocycles. The van der Waals surface area contributed by atoms with Crippen molar-refractivity contribution in [2.45, 2.75) is 84.0 Å². The summed E-state index contributed by atoms with van der Waals surface area (Å²) >= 11 is 1.25. The van der Waals surface area contributed by atoms with Crippen molar-refractivity contribution in [3.05, 3.63) is 59.5 Å². The van der Waals surface area contributed by atoms with Crippen LogP contribution in [0.5, 0.6) is 0 Å². The first-order chi connectivity index (χ1) is 12.7. The monoisotopic (exact) mass is 542 g/mol. The van der Waals surface area contributed by atoms with Crippen molar-refractivity contribution in [2.75, 3.05) is 0 Å². The number of allylic oxidation sites excluding steroid dienone is 7. The number of rotatable bonds is 9. The predicted molar refractivity (Wildman–Crippen MR) is 109 cm³/mol. The molecule has 0 bridgehead atoms. The Bertz CT molecular complexity index is 358. The maximum absolute atomic E-state index is 10.2. The van der Waals surface area contributed by atoms with Gasteiger partial charge >= 0.3 is 52.4 Å². The molecule has 4 heteroatoms. The van der Waals surface area contributed by atoms with E-state index in [1.807, 2.05) is 0 Å². The molecule has 27 heavy (non-hydrogen) atoms. The van der Waals surface area contributed by atoms with E-state index in [2.05, 4.69) is 38.0 Å². The van der Waals surface area contributed by atoms with Gasteiger partial charge in [0, 0.05) is 0 Å².